The molecule has 0 aliphatic heterocycles. The Kier molecular flexibility index (Phi) is 6.12. The van der Waals surface area contributed by atoms with Gasteiger partial charge in [-0.15, -0.1) is 0 Å². The average Bonchev–Trinajstić information content (AvgIpc) is 3.22. The van der Waals surface area contributed by atoms with Crippen molar-refractivity contribution >= 4 is 11.6 Å². The highest BCUT2D eigenvalue weighted by Crippen LogP contribution is 2.24. The van der Waals surface area contributed by atoms with E-state index < -0.39 is 0 Å². The Morgan fingerprint density at radius 2 is 1.68 bits per heavy atom. The van der Waals surface area contributed by atoms with Crippen LogP contribution in [0.5, 0.6) is 0 Å². The zero-order valence-electron chi connectivity index (χ0n) is 18.2. The number of fused-ring (bicyclic) bond motifs is 1. The molecule has 2 aromatic carbocycles. The number of carbonyl (C=O) groups is 1. The largest absolute Gasteiger partial charge is 0.349 e. The molecular formula is C26H28N4O. The van der Waals surface area contributed by atoms with E-state index in [1.54, 1.807) is 6.20 Å². The molecular weight excluding hydrogens is 384 g/mol. The van der Waals surface area contributed by atoms with Gasteiger partial charge in [0.05, 0.1) is 17.0 Å². The van der Waals surface area contributed by atoms with Crippen LogP contribution in [0.4, 0.5) is 0 Å². The van der Waals surface area contributed by atoms with Gasteiger partial charge in [0, 0.05) is 23.9 Å². The van der Waals surface area contributed by atoms with E-state index in [1.165, 1.54) is 5.56 Å². The number of hydrogen-bond acceptors (Lipinski definition) is 3. The lowest BCUT2D eigenvalue weighted by atomic mass is 10.0. The molecule has 5 nitrogen and oxygen atoms in total. The molecule has 5 heteroatoms. The summed E-state index contributed by atoms with van der Waals surface area (Å²) in [6.45, 7) is 6.20. The van der Waals surface area contributed by atoms with Gasteiger partial charge in [-0.05, 0) is 31.2 Å². The SMILES string of the molecule is CC(CCc1ccccc1)NC(=O)c1cnc2cc(-c3ccccc3)nn2c1C(C)C. The molecule has 0 saturated carbocycles. The fraction of sp³-hybridized carbons (Fsp3) is 0.269. The van der Waals surface area contributed by atoms with Gasteiger partial charge in [-0.1, -0.05) is 74.5 Å². The molecule has 4 rings (SSSR count). The molecule has 4 aromatic rings. The fourth-order valence-corrected chi connectivity index (χ4v) is 3.83. The van der Waals surface area contributed by atoms with E-state index in [1.807, 2.05) is 66.0 Å². The summed E-state index contributed by atoms with van der Waals surface area (Å²) in [4.78, 5) is 17.7. The van der Waals surface area contributed by atoms with Gasteiger partial charge in [-0.25, -0.2) is 9.50 Å². The minimum absolute atomic E-state index is 0.0564. The third-order valence-corrected chi connectivity index (χ3v) is 5.47. The van der Waals surface area contributed by atoms with Crippen molar-refractivity contribution in [3.63, 3.8) is 0 Å². The van der Waals surface area contributed by atoms with Crippen molar-refractivity contribution in [2.45, 2.75) is 45.6 Å². The summed E-state index contributed by atoms with van der Waals surface area (Å²) >= 11 is 0. The third-order valence-electron chi connectivity index (χ3n) is 5.47. The number of benzene rings is 2. The first-order valence-corrected chi connectivity index (χ1v) is 10.8. The van der Waals surface area contributed by atoms with Gasteiger partial charge in [-0.2, -0.15) is 5.10 Å². The van der Waals surface area contributed by atoms with Gasteiger partial charge in [0.15, 0.2) is 5.65 Å². The topological polar surface area (TPSA) is 59.3 Å². The number of carbonyl (C=O) groups excluding carboxylic acids is 1. The molecule has 0 aliphatic carbocycles. The monoisotopic (exact) mass is 412 g/mol. The van der Waals surface area contributed by atoms with Crippen molar-refractivity contribution in [3.8, 4) is 11.3 Å². The summed E-state index contributed by atoms with van der Waals surface area (Å²) in [5.41, 5.74) is 5.36. The number of amides is 1. The molecule has 1 amide bonds. The van der Waals surface area contributed by atoms with Gasteiger partial charge >= 0.3 is 0 Å². The van der Waals surface area contributed by atoms with Crippen molar-refractivity contribution in [3.05, 3.63) is 89.7 Å². The van der Waals surface area contributed by atoms with E-state index in [2.05, 4.69) is 36.3 Å². The van der Waals surface area contributed by atoms with Gasteiger partial charge in [0.25, 0.3) is 5.91 Å². The number of hydrogen-bond donors (Lipinski definition) is 1. The molecule has 0 bridgehead atoms. The Balaban J connectivity index is 1.57. The molecule has 2 heterocycles. The lowest BCUT2D eigenvalue weighted by molar-refractivity contribution is 0.0936. The molecule has 31 heavy (non-hydrogen) atoms. The fourth-order valence-electron chi connectivity index (χ4n) is 3.83. The van der Waals surface area contributed by atoms with E-state index in [-0.39, 0.29) is 17.9 Å². The first-order chi connectivity index (χ1) is 15.0. The highest BCUT2D eigenvalue weighted by Gasteiger charge is 2.21. The van der Waals surface area contributed by atoms with E-state index in [0.717, 1.165) is 35.4 Å². The van der Waals surface area contributed by atoms with E-state index in [9.17, 15) is 4.79 Å². The predicted octanol–water partition coefficient (Wildman–Crippen LogP) is 5.27. The molecule has 0 spiro atoms. The van der Waals surface area contributed by atoms with Crippen molar-refractivity contribution in [1.82, 2.24) is 19.9 Å². The van der Waals surface area contributed by atoms with Crippen LogP contribution in [0, 0.1) is 0 Å². The maximum Gasteiger partial charge on any atom is 0.254 e. The summed E-state index contributed by atoms with van der Waals surface area (Å²) in [6, 6.07) is 22.4. The van der Waals surface area contributed by atoms with Crippen molar-refractivity contribution < 1.29 is 4.79 Å². The minimum atomic E-state index is -0.101. The molecule has 0 aliphatic rings. The highest BCUT2D eigenvalue weighted by molar-refractivity contribution is 5.95. The summed E-state index contributed by atoms with van der Waals surface area (Å²) in [6.07, 6.45) is 3.49. The van der Waals surface area contributed by atoms with Crippen LogP contribution in [-0.2, 0) is 6.42 Å². The molecule has 158 valence electrons. The van der Waals surface area contributed by atoms with Crippen LogP contribution in [0.3, 0.4) is 0 Å². The van der Waals surface area contributed by atoms with Crippen molar-refractivity contribution in [1.29, 1.82) is 0 Å². The van der Waals surface area contributed by atoms with Crippen LogP contribution in [-0.4, -0.2) is 26.5 Å². The van der Waals surface area contributed by atoms with Crippen LogP contribution >= 0.6 is 0 Å². The molecule has 1 N–H and O–H groups in total. The van der Waals surface area contributed by atoms with Crippen LogP contribution < -0.4 is 5.32 Å². The maximum absolute atomic E-state index is 13.1. The Bertz CT molecular complexity index is 1170. The summed E-state index contributed by atoms with van der Waals surface area (Å²) < 4.78 is 1.82. The lowest BCUT2D eigenvalue weighted by Gasteiger charge is -2.17. The van der Waals surface area contributed by atoms with Gasteiger partial charge in [-0.3, -0.25) is 4.79 Å². The third kappa shape index (κ3) is 4.66. The second-order valence-corrected chi connectivity index (χ2v) is 8.28. The Morgan fingerprint density at radius 3 is 2.35 bits per heavy atom. The number of nitrogens with one attached hydrogen (secondary N) is 1. The summed E-state index contributed by atoms with van der Waals surface area (Å²) in [5.74, 6) is 0.0184. The minimum Gasteiger partial charge on any atom is -0.349 e. The molecule has 0 saturated heterocycles. The van der Waals surface area contributed by atoms with Crippen molar-refractivity contribution in [2.75, 3.05) is 0 Å². The van der Waals surface area contributed by atoms with Gasteiger partial charge < -0.3 is 5.32 Å². The normalized spacial score (nSPS) is 12.3. The van der Waals surface area contributed by atoms with Gasteiger partial charge in [0.2, 0.25) is 0 Å². The predicted molar refractivity (Wildman–Crippen MR) is 124 cm³/mol. The Morgan fingerprint density at radius 1 is 1.00 bits per heavy atom. The maximum atomic E-state index is 13.1. The second kappa shape index (κ2) is 9.13. The number of nitrogens with zero attached hydrogens (tertiary/aromatic N) is 3. The zero-order chi connectivity index (χ0) is 21.8. The standard InChI is InChI=1S/C26H28N4O/c1-18(2)25-22(26(31)28-19(3)14-15-20-10-6-4-7-11-20)17-27-24-16-23(29-30(24)25)21-12-8-5-9-13-21/h4-13,16-19H,14-15H2,1-3H3,(H,28,31). The molecule has 1 unspecified atom stereocenters. The van der Waals surface area contributed by atoms with E-state index in [0.29, 0.717) is 5.56 Å². The van der Waals surface area contributed by atoms with E-state index in [4.69, 9.17) is 5.10 Å². The average molecular weight is 413 g/mol. The summed E-state index contributed by atoms with van der Waals surface area (Å²) in [5, 5.41) is 7.92. The smallest absolute Gasteiger partial charge is 0.254 e. The van der Waals surface area contributed by atoms with Crippen LogP contribution in [0.15, 0.2) is 72.9 Å². The van der Waals surface area contributed by atoms with Crippen LogP contribution in [0.2, 0.25) is 0 Å². The molecule has 2 aromatic heterocycles. The molecule has 1 atom stereocenters. The second-order valence-electron chi connectivity index (χ2n) is 8.28. The first-order valence-electron chi connectivity index (χ1n) is 10.8. The number of aryl methyl sites for hydroxylation is 1. The zero-order valence-corrected chi connectivity index (χ0v) is 18.2. The molecule has 0 fully saturated rings. The quantitative estimate of drug-likeness (QED) is 0.450. The molecule has 0 radical (unpaired) electrons. The number of rotatable bonds is 7. The Labute approximate surface area is 183 Å². The van der Waals surface area contributed by atoms with Crippen LogP contribution in [0.1, 0.15) is 54.7 Å². The summed E-state index contributed by atoms with van der Waals surface area (Å²) in [7, 11) is 0. The highest BCUT2D eigenvalue weighted by atomic mass is 16.1. The van der Waals surface area contributed by atoms with Crippen LogP contribution in [0.25, 0.3) is 16.9 Å². The van der Waals surface area contributed by atoms with E-state index >= 15 is 0 Å². The van der Waals surface area contributed by atoms with Gasteiger partial charge in [0.1, 0.15) is 0 Å². The van der Waals surface area contributed by atoms with Crippen molar-refractivity contribution in [2.24, 2.45) is 0 Å². The lowest BCUT2D eigenvalue weighted by Crippen LogP contribution is -2.34. The number of aromatic nitrogens is 3. The first kappa shape index (κ1) is 20.8. The Hall–Kier alpha value is -3.47.